The van der Waals surface area contributed by atoms with Crippen LogP contribution in [0.25, 0.3) is 0 Å². The van der Waals surface area contributed by atoms with Crippen molar-refractivity contribution in [2.45, 2.75) is 45.8 Å². The van der Waals surface area contributed by atoms with E-state index in [0.717, 1.165) is 49.5 Å². The summed E-state index contributed by atoms with van der Waals surface area (Å²) in [7, 11) is 0. The zero-order chi connectivity index (χ0) is 21.6. The number of aryl methyl sites for hydroxylation is 1. The normalized spacial score (nSPS) is 15.0. The average Bonchev–Trinajstić information content (AvgIpc) is 3.30. The highest BCUT2D eigenvalue weighted by Crippen LogP contribution is 2.24. The number of piperidine rings is 1. The molecule has 1 N–H and O–H groups in total. The molecule has 1 aliphatic rings. The molecule has 4 rings (SSSR count). The van der Waals surface area contributed by atoms with E-state index in [0.29, 0.717) is 6.54 Å². The number of urea groups is 1. The number of rotatable bonds is 6. The molecule has 31 heavy (non-hydrogen) atoms. The summed E-state index contributed by atoms with van der Waals surface area (Å²) in [6.07, 6.45) is 3.57. The van der Waals surface area contributed by atoms with E-state index in [-0.39, 0.29) is 12.1 Å². The number of nitrogens with zero attached hydrogens (tertiary/aromatic N) is 2. The van der Waals surface area contributed by atoms with Crippen LogP contribution in [0.15, 0.2) is 71.3 Å². The van der Waals surface area contributed by atoms with Crippen LogP contribution in [0.4, 0.5) is 10.5 Å². The number of anilines is 1. The van der Waals surface area contributed by atoms with E-state index in [9.17, 15) is 4.79 Å². The van der Waals surface area contributed by atoms with Crippen molar-refractivity contribution in [3.8, 4) is 0 Å². The minimum absolute atomic E-state index is 0.0633. The Hall–Kier alpha value is -3.05. The number of hydrogen-bond donors (Lipinski definition) is 1. The summed E-state index contributed by atoms with van der Waals surface area (Å²) in [6, 6.07) is 20.5. The van der Waals surface area contributed by atoms with Gasteiger partial charge in [0, 0.05) is 31.4 Å². The van der Waals surface area contributed by atoms with Crippen LogP contribution >= 0.6 is 0 Å². The fourth-order valence-corrected chi connectivity index (χ4v) is 4.24. The molecular formula is C26H31N3O2. The largest absolute Gasteiger partial charge is 0.467 e. The first-order chi connectivity index (χ1) is 15.1. The molecule has 0 saturated carbocycles. The molecule has 0 aliphatic carbocycles. The van der Waals surface area contributed by atoms with Gasteiger partial charge in [-0.1, -0.05) is 42.5 Å². The fourth-order valence-electron chi connectivity index (χ4n) is 4.24. The highest BCUT2D eigenvalue weighted by atomic mass is 16.3. The van der Waals surface area contributed by atoms with Crippen molar-refractivity contribution in [3.05, 3.63) is 89.4 Å². The Kier molecular flexibility index (Phi) is 6.73. The van der Waals surface area contributed by atoms with Crippen LogP contribution in [0.5, 0.6) is 0 Å². The van der Waals surface area contributed by atoms with Gasteiger partial charge >= 0.3 is 6.03 Å². The molecule has 1 saturated heterocycles. The van der Waals surface area contributed by atoms with Crippen LogP contribution in [0, 0.1) is 13.8 Å². The second-order valence-corrected chi connectivity index (χ2v) is 8.38. The van der Waals surface area contributed by atoms with E-state index < -0.39 is 0 Å². The number of amides is 2. The summed E-state index contributed by atoms with van der Waals surface area (Å²) >= 11 is 0. The van der Waals surface area contributed by atoms with Gasteiger partial charge in [0.1, 0.15) is 5.76 Å². The number of hydrogen-bond acceptors (Lipinski definition) is 3. The molecule has 0 radical (unpaired) electrons. The van der Waals surface area contributed by atoms with Gasteiger partial charge in [0.05, 0.1) is 12.8 Å². The first-order valence-corrected chi connectivity index (χ1v) is 11.0. The monoisotopic (exact) mass is 417 g/mol. The maximum Gasteiger partial charge on any atom is 0.322 e. The maximum absolute atomic E-state index is 13.3. The number of carbonyl (C=O) groups is 1. The number of nitrogens with one attached hydrogen (secondary N) is 1. The molecule has 1 aromatic heterocycles. The second-order valence-electron chi connectivity index (χ2n) is 8.38. The van der Waals surface area contributed by atoms with Gasteiger partial charge < -0.3 is 14.6 Å². The number of benzene rings is 2. The molecule has 2 heterocycles. The topological polar surface area (TPSA) is 48.7 Å². The first-order valence-electron chi connectivity index (χ1n) is 11.0. The van der Waals surface area contributed by atoms with E-state index in [2.05, 4.69) is 53.5 Å². The Morgan fingerprint density at radius 2 is 1.81 bits per heavy atom. The van der Waals surface area contributed by atoms with Gasteiger partial charge in [-0.2, -0.15) is 0 Å². The van der Waals surface area contributed by atoms with Crippen molar-refractivity contribution >= 4 is 11.7 Å². The van der Waals surface area contributed by atoms with E-state index in [1.165, 1.54) is 11.1 Å². The van der Waals surface area contributed by atoms with Crippen molar-refractivity contribution in [2.24, 2.45) is 0 Å². The molecule has 2 amide bonds. The maximum atomic E-state index is 13.3. The van der Waals surface area contributed by atoms with Crippen LogP contribution in [0.3, 0.4) is 0 Å². The SMILES string of the molecule is Cc1cccc(NC(=O)N(Cc2ccco2)C2CCN(Cc3ccccc3)CC2)c1C. The molecule has 0 spiro atoms. The van der Waals surface area contributed by atoms with Gasteiger partial charge in [0.15, 0.2) is 0 Å². The van der Waals surface area contributed by atoms with Crippen LogP contribution < -0.4 is 5.32 Å². The Morgan fingerprint density at radius 1 is 1.03 bits per heavy atom. The zero-order valence-corrected chi connectivity index (χ0v) is 18.4. The van der Waals surface area contributed by atoms with Gasteiger partial charge in [0.25, 0.3) is 0 Å². The summed E-state index contributed by atoms with van der Waals surface area (Å²) in [4.78, 5) is 17.8. The summed E-state index contributed by atoms with van der Waals surface area (Å²) in [5.74, 6) is 0.808. The van der Waals surface area contributed by atoms with Crippen molar-refractivity contribution in [3.63, 3.8) is 0 Å². The zero-order valence-electron chi connectivity index (χ0n) is 18.4. The van der Waals surface area contributed by atoms with Crippen molar-refractivity contribution in [2.75, 3.05) is 18.4 Å². The Labute approximate surface area is 184 Å². The number of carbonyl (C=O) groups excluding carboxylic acids is 1. The van der Waals surface area contributed by atoms with Gasteiger partial charge in [-0.15, -0.1) is 0 Å². The third-order valence-electron chi connectivity index (χ3n) is 6.26. The third kappa shape index (κ3) is 5.36. The molecule has 0 bridgehead atoms. The van der Waals surface area contributed by atoms with E-state index in [1.54, 1.807) is 6.26 Å². The molecule has 3 aromatic rings. The van der Waals surface area contributed by atoms with Crippen molar-refractivity contribution in [1.29, 1.82) is 0 Å². The van der Waals surface area contributed by atoms with Crippen LogP contribution in [-0.4, -0.2) is 35.0 Å². The summed E-state index contributed by atoms with van der Waals surface area (Å²) < 4.78 is 5.57. The Balaban J connectivity index is 1.44. The molecule has 5 nitrogen and oxygen atoms in total. The fraction of sp³-hybridized carbons (Fsp3) is 0.346. The molecule has 0 unspecified atom stereocenters. The van der Waals surface area contributed by atoms with E-state index in [4.69, 9.17) is 4.42 Å². The van der Waals surface area contributed by atoms with E-state index >= 15 is 0 Å². The molecule has 162 valence electrons. The van der Waals surface area contributed by atoms with E-state index in [1.807, 2.05) is 36.1 Å². The molecule has 0 atom stereocenters. The quantitative estimate of drug-likeness (QED) is 0.568. The highest BCUT2D eigenvalue weighted by molar-refractivity contribution is 5.90. The van der Waals surface area contributed by atoms with Gasteiger partial charge in [-0.25, -0.2) is 4.79 Å². The van der Waals surface area contributed by atoms with Gasteiger partial charge in [-0.3, -0.25) is 4.90 Å². The standard InChI is InChI=1S/C26H31N3O2/c1-20-8-6-12-25(21(20)2)27-26(30)29(19-24-11-7-17-31-24)23-13-15-28(16-14-23)18-22-9-4-3-5-10-22/h3-12,17,23H,13-16,18-19H2,1-2H3,(H,27,30). The van der Waals surface area contributed by atoms with Crippen LogP contribution in [0.1, 0.15) is 35.3 Å². The minimum atomic E-state index is -0.0633. The van der Waals surface area contributed by atoms with Gasteiger partial charge in [0.2, 0.25) is 0 Å². The lowest BCUT2D eigenvalue weighted by atomic mass is 10.0. The molecular weight excluding hydrogens is 386 g/mol. The predicted molar refractivity (Wildman–Crippen MR) is 124 cm³/mol. The van der Waals surface area contributed by atoms with Crippen LogP contribution in [-0.2, 0) is 13.1 Å². The molecule has 1 aliphatic heterocycles. The predicted octanol–water partition coefficient (Wildman–Crippen LogP) is 5.60. The Bertz CT molecular complexity index is 977. The van der Waals surface area contributed by atoms with Crippen molar-refractivity contribution < 1.29 is 9.21 Å². The van der Waals surface area contributed by atoms with Gasteiger partial charge in [-0.05, 0) is 61.6 Å². The summed E-state index contributed by atoms with van der Waals surface area (Å²) in [5, 5.41) is 3.14. The van der Waals surface area contributed by atoms with Crippen molar-refractivity contribution in [1.82, 2.24) is 9.80 Å². The lowest BCUT2D eigenvalue weighted by Gasteiger charge is -2.38. The third-order valence-corrected chi connectivity index (χ3v) is 6.26. The minimum Gasteiger partial charge on any atom is -0.467 e. The number of likely N-dealkylation sites (tertiary alicyclic amines) is 1. The second kappa shape index (κ2) is 9.84. The average molecular weight is 418 g/mol. The lowest BCUT2D eigenvalue weighted by molar-refractivity contribution is 0.115. The first kappa shape index (κ1) is 21.2. The highest BCUT2D eigenvalue weighted by Gasteiger charge is 2.29. The summed E-state index contributed by atoms with van der Waals surface area (Å²) in [6.45, 7) is 7.50. The smallest absolute Gasteiger partial charge is 0.322 e. The molecule has 5 heteroatoms. The molecule has 1 fully saturated rings. The summed E-state index contributed by atoms with van der Waals surface area (Å²) in [5.41, 5.74) is 4.48. The van der Waals surface area contributed by atoms with Crippen LogP contribution in [0.2, 0.25) is 0 Å². The Morgan fingerprint density at radius 3 is 2.52 bits per heavy atom. The lowest BCUT2D eigenvalue weighted by Crippen LogP contribution is -2.48. The number of furan rings is 1. The molecule has 2 aromatic carbocycles.